The Bertz CT molecular complexity index is 622. The predicted molar refractivity (Wildman–Crippen MR) is 92.5 cm³/mol. The predicted octanol–water partition coefficient (Wildman–Crippen LogP) is 2.06. The molecule has 1 fully saturated rings. The zero-order chi connectivity index (χ0) is 17.4. The van der Waals surface area contributed by atoms with Crippen molar-refractivity contribution in [1.29, 1.82) is 0 Å². The molecule has 0 radical (unpaired) electrons. The summed E-state index contributed by atoms with van der Waals surface area (Å²) in [6.45, 7) is 1.20. The number of ether oxygens (including phenoxy) is 1. The SMILES string of the molecule is CNS(=O)(=O)c1ccc(C(=O)NCCCOC2CCCCC2)cc1. The Morgan fingerprint density at radius 2 is 1.83 bits per heavy atom. The second-order valence-electron chi connectivity index (χ2n) is 5.97. The van der Waals surface area contributed by atoms with E-state index in [0.717, 1.165) is 19.3 Å². The third-order valence-corrected chi connectivity index (χ3v) is 5.64. The Morgan fingerprint density at radius 3 is 2.46 bits per heavy atom. The maximum Gasteiger partial charge on any atom is 0.251 e. The molecule has 0 atom stereocenters. The van der Waals surface area contributed by atoms with E-state index < -0.39 is 10.0 Å². The molecule has 2 rings (SSSR count). The lowest BCUT2D eigenvalue weighted by Crippen LogP contribution is -2.26. The van der Waals surface area contributed by atoms with Crippen molar-refractivity contribution >= 4 is 15.9 Å². The zero-order valence-corrected chi connectivity index (χ0v) is 14.9. The molecule has 0 heterocycles. The van der Waals surface area contributed by atoms with Gasteiger partial charge in [0.25, 0.3) is 5.91 Å². The molecule has 24 heavy (non-hydrogen) atoms. The second kappa shape index (κ2) is 9.15. The molecule has 134 valence electrons. The number of sulfonamides is 1. The van der Waals surface area contributed by atoms with Crippen molar-refractivity contribution in [2.24, 2.45) is 0 Å². The third-order valence-electron chi connectivity index (χ3n) is 4.21. The maximum absolute atomic E-state index is 12.0. The van der Waals surface area contributed by atoms with E-state index in [0.29, 0.717) is 24.8 Å². The molecule has 1 saturated carbocycles. The maximum atomic E-state index is 12.0. The summed E-state index contributed by atoms with van der Waals surface area (Å²) < 4.78 is 31.3. The first-order chi connectivity index (χ1) is 11.5. The van der Waals surface area contributed by atoms with Crippen LogP contribution in [0.2, 0.25) is 0 Å². The summed E-state index contributed by atoms with van der Waals surface area (Å²) in [6, 6.07) is 5.87. The van der Waals surface area contributed by atoms with Crippen LogP contribution in [0.15, 0.2) is 29.2 Å². The van der Waals surface area contributed by atoms with Crippen LogP contribution in [0.1, 0.15) is 48.9 Å². The lowest BCUT2D eigenvalue weighted by Gasteiger charge is -2.21. The summed E-state index contributed by atoms with van der Waals surface area (Å²) in [6.07, 6.45) is 7.26. The Morgan fingerprint density at radius 1 is 1.17 bits per heavy atom. The molecule has 0 aromatic heterocycles. The van der Waals surface area contributed by atoms with Gasteiger partial charge in [-0.3, -0.25) is 4.79 Å². The molecule has 1 aromatic rings. The summed E-state index contributed by atoms with van der Waals surface area (Å²) in [4.78, 5) is 12.2. The van der Waals surface area contributed by atoms with Gasteiger partial charge >= 0.3 is 0 Å². The average molecular weight is 354 g/mol. The van der Waals surface area contributed by atoms with Gasteiger partial charge in [-0.2, -0.15) is 0 Å². The molecule has 2 N–H and O–H groups in total. The molecule has 1 aromatic carbocycles. The fraction of sp³-hybridized carbons (Fsp3) is 0.588. The molecular formula is C17H26N2O4S. The lowest BCUT2D eigenvalue weighted by molar-refractivity contribution is 0.0273. The monoisotopic (exact) mass is 354 g/mol. The minimum Gasteiger partial charge on any atom is -0.378 e. The van der Waals surface area contributed by atoms with E-state index in [1.807, 2.05) is 0 Å². The molecule has 6 nitrogen and oxygen atoms in total. The van der Waals surface area contributed by atoms with Crippen molar-refractivity contribution in [3.05, 3.63) is 29.8 Å². The normalized spacial score (nSPS) is 16.0. The van der Waals surface area contributed by atoms with Crippen LogP contribution in [-0.4, -0.2) is 40.6 Å². The van der Waals surface area contributed by atoms with Gasteiger partial charge in [0, 0.05) is 18.7 Å². The number of hydrogen-bond donors (Lipinski definition) is 2. The number of hydrogen-bond acceptors (Lipinski definition) is 4. The number of carbonyl (C=O) groups excluding carboxylic acids is 1. The number of carbonyl (C=O) groups is 1. The van der Waals surface area contributed by atoms with Crippen molar-refractivity contribution < 1.29 is 17.9 Å². The molecule has 0 spiro atoms. The molecular weight excluding hydrogens is 328 g/mol. The van der Waals surface area contributed by atoms with Gasteiger partial charge in [0.15, 0.2) is 0 Å². The highest BCUT2D eigenvalue weighted by Crippen LogP contribution is 2.20. The van der Waals surface area contributed by atoms with Crippen molar-refractivity contribution in [3.63, 3.8) is 0 Å². The van der Waals surface area contributed by atoms with Crippen LogP contribution in [0, 0.1) is 0 Å². The van der Waals surface area contributed by atoms with Crippen LogP contribution >= 0.6 is 0 Å². The van der Waals surface area contributed by atoms with Gasteiger partial charge in [0.2, 0.25) is 10.0 Å². The smallest absolute Gasteiger partial charge is 0.251 e. The van der Waals surface area contributed by atoms with Crippen LogP contribution in [0.25, 0.3) is 0 Å². The fourth-order valence-electron chi connectivity index (χ4n) is 2.76. The Kier molecular flexibility index (Phi) is 7.20. The van der Waals surface area contributed by atoms with E-state index in [4.69, 9.17) is 4.74 Å². The topological polar surface area (TPSA) is 84.5 Å². The van der Waals surface area contributed by atoms with Crippen LogP contribution in [0.5, 0.6) is 0 Å². The first kappa shape index (κ1) is 18.9. The van der Waals surface area contributed by atoms with Gasteiger partial charge < -0.3 is 10.1 Å². The minimum atomic E-state index is -3.47. The van der Waals surface area contributed by atoms with Gasteiger partial charge in [-0.05, 0) is 50.6 Å². The average Bonchev–Trinajstić information content (AvgIpc) is 2.62. The Hall–Kier alpha value is -1.44. The van der Waals surface area contributed by atoms with Gasteiger partial charge in [0.1, 0.15) is 0 Å². The molecule has 0 unspecified atom stereocenters. The molecule has 0 bridgehead atoms. The van der Waals surface area contributed by atoms with Gasteiger partial charge in [-0.25, -0.2) is 13.1 Å². The van der Waals surface area contributed by atoms with Crippen LogP contribution in [-0.2, 0) is 14.8 Å². The van der Waals surface area contributed by atoms with Gasteiger partial charge in [-0.15, -0.1) is 0 Å². The standard InChI is InChI=1S/C17H26N2O4S/c1-18-24(21,22)16-10-8-14(9-11-16)17(20)19-12-5-13-23-15-6-3-2-4-7-15/h8-11,15,18H,2-7,12-13H2,1H3,(H,19,20). The highest BCUT2D eigenvalue weighted by atomic mass is 32.2. The number of amides is 1. The van der Waals surface area contributed by atoms with Crippen LogP contribution < -0.4 is 10.0 Å². The molecule has 7 heteroatoms. The van der Waals surface area contributed by atoms with Crippen molar-refractivity contribution in [1.82, 2.24) is 10.0 Å². The van der Waals surface area contributed by atoms with Gasteiger partial charge in [-0.1, -0.05) is 19.3 Å². The van der Waals surface area contributed by atoms with Crippen molar-refractivity contribution in [2.45, 2.75) is 49.5 Å². The first-order valence-electron chi connectivity index (χ1n) is 8.46. The molecule has 1 amide bonds. The van der Waals surface area contributed by atoms with Crippen molar-refractivity contribution in [2.75, 3.05) is 20.2 Å². The molecule has 0 saturated heterocycles. The van der Waals surface area contributed by atoms with E-state index in [-0.39, 0.29) is 10.8 Å². The van der Waals surface area contributed by atoms with E-state index in [1.165, 1.54) is 50.6 Å². The summed E-state index contributed by atoms with van der Waals surface area (Å²) >= 11 is 0. The Balaban J connectivity index is 1.70. The first-order valence-corrected chi connectivity index (χ1v) is 9.94. The van der Waals surface area contributed by atoms with Gasteiger partial charge in [0.05, 0.1) is 11.0 Å². The molecule has 1 aliphatic rings. The molecule has 1 aliphatic carbocycles. The van der Waals surface area contributed by atoms with Crippen molar-refractivity contribution in [3.8, 4) is 0 Å². The van der Waals surface area contributed by atoms with E-state index in [1.54, 1.807) is 0 Å². The fourth-order valence-corrected chi connectivity index (χ4v) is 3.49. The highest BCUT2D eigenvalue weighted by molar-refractivity contribution is 7.89. The summed E-state index contributed by atoms with van der Waals surface area (Å²) in [7, 11) is -2.12. The molecule has 0 aliphatic heterocycles. The van der Waals surface area contributed by atoms with E-state index in [9.17, 15) is 13.2 Å². The zero-order valence-electron chi connectivity index (χ0n) is 14.1. The number of nitrogens with one attached hydrogen (secondary N) is 2. The van der Waals surface area contributed by atoms with Crippen LogP contribution in [0.4, 0.5) is 0 Å². The third kappa shape index (κ3) is 5.58. The quantitative estimate of drug-likeness (QED) is 0.700. The van der Waals surface area contributed by atoms with Crippen LogP contribution in [0.3, 0.4) is 0 Å². The number of rotatable bonds is 8. The summed E-state index contributed by atoms with van der Waals surface area (Å²) in [5, 5.41) is 2.82. The second-order valence-corrected chi connectivity index (χ2v) is 7.86. The van der Waals surface area contributed by atoms with E-state index in [2.05, 4.69) is 10.0 Å². The lowest BCUT2D eigenvalue weighted by atomic mass is 9.98. The summed E-state index contributed by atoms with van der Waals surface area (Å²) in [5.41, 5.74) is 0.443. The Labute approximate surface area is 144 Å². The summed E-state index contributed by atoms with van der Waals surface area (Å²) in [5.74, 6) is -0.207. The van der Waals surface area contributed by atoms with E-state index >= 15 is 0 Å². The number of benzene rings is 1. The largest absolute Gasteiger partial charge is 0.378 e. The minimum absolute atomic E-state index is 0.141. The highest BCUT2D eigenvalue weighted by Gasteiger charge is 2.14.